The largest absolute Gasteiger partial charge is 0.480 e. The van der Waals surface area contributed by atoms with Gasteiger partial charge >= 0.3 is 5.97 Å². The third kappa shape index (κ3) is 3.08. The second-order valence-corrected chi connectivity index (χ2v) is 5.08. The molecule has 0 aliphatic carbocycles. The minimum atomic E-state index is -1.15. The molecule has 0 spiro atoms. The topological polar surface area (TPSA) is 95.3 Å². The number of furan rings is 1. The average molecular weight is 316 g/mol. The number of hydrogen-bond donors (Lipinski definition) is 3. The van der Waals surface area contributed by atoms with Gasteiger partial charge in [-0.25, -0.2) is 9.18 Å². The highest BCUT2D eigenvalue weighted by atomic mass is 19.1. The molecule has 0 radical (unpaired) electrons. The van der Waals surface area contributed by atoms with E-state index in [0.29, 0.717) is 11.1 Å². The Balaban J connectivity index is 1.81. The summed E-state index contributed by atoms with van der Waals surface area (Å²) >= 11 is 0. The number of carboxylic acids is 1. The summed E-state index contributed by atoms with van der Waals surface area (Å²) in [5.74, 6) is -2.07. The Morgan fingerprint density at radius 3 is 2.87 bits per heavy atom. The first kappa shape index (κ1) is 14.8. The van der Waals surface area contributed by atoms with E-state index in [4.69, 9.17) is 4.42 Å². The van der Waals surface area contributed by atoms with Crippen molar-refractivity contribution in [2.45, 2.75) is 12.5 Å². The van der Waals surface area contributed by atoms with Crippen molar-refractivity contribution in [1.29, 1.82) is 0 Å². The van der Waals surface area contributed by atoms with Crippen LogP contribution in [0.2, 0.25) is 0 Å². The van der Waals surface area contributed by atoms with E-state index in [0.717, 1.165) is 5.39 Å². The molecule has 0 aliphatic heterocycles. The highest BCUT2D eigenvalue weighted by molar-refractivity contribution is 5.96. The van der Waals surface area contributed by atoms with E-state index < -0.39 is 17.9 Å². The number of aliphatic carboxylic acids is 1. The van der Waals surface area contributed by atoms with Crippen LogP contribution >= 0.6 is 0 Å². The molecule has 0 bridgehead atoms. The Morgan fingerprint density at radius 1 is 1.35 bits per heavy atom. The lowest BCUT2D eigenvalue weighted by Crippen LogP contribution is -2.42. The highest BCUT2D eigenvalue weighted by Gasteiger charge is 2.23. The van der Waals surface area contributed by atoms with E-state index in [9.17, 15) is 19.1 Å². The lowest BCUT2D eigenvalue weighted by molar-refractivity contribution is -0.139. The lowest BCUT2D eigenvalue weighted by Gasteiger charge is -2.13. The molecule has 0 unspecified atom stereocenters. The molecule has 0 aliphatic rings. The van der Waals surface area contributed by atoms with Gasteiger partial charge < -0.3 is 19.8 Å². The molecule has 1 amide bonds. The van der Waals surface area contributed by atoms with E-state index in [1.165, 1.54) is 30.7 Å². The van der Waals surface area contributed by atoms with Crippen LogP contribution in [-0.2, 0) is 11.2 Å². The number of aromatic amines is 1. The second-order valence-electron chi connectivity index (χ2n) is 5.08. The molecule has 3 rings (SSSR count). The molecular weight excluding hydrogens is 303 g/mol. The lowest BCUT2D eigenvalue weighted by atomic mass is 10.0. The standard InChI is InChI=1S/C16H13FN2O4/c17-11-1-2-12-10(7-18-13(12)6-11)5-14(16(21)22)19-15(20)9-3-4-23-8-9/h1-4,6-8,14,18H,5H2,(H,19,20)(H,21,22)/t14-/m0/s1. The molecule has 0 saturated carbocycles. The fraction of sp³-hybridized carbons (Fsp3) is 0.125. The zero-order valence-electron chi connectivity index (χ0n) is 11.9. The van der Waals surface area contributed by atoms with Crippen LogP contribution in [0, 0.1) is 5.82 Å². The summed E-state index contributed by atoms with van der Waals surface area (Å²) in [6, 6.07) is 4.55. The summed E-state index contributed by atoms with van der Waals surface area (Å²) < 4.78 is 18.0. The Labute approximate surface area is 129 Å². The Hall–Kier alpha value is -3.09. The van der Waals surface area contributed by atoms with Gasteiger partial charge in [-0.3, -0.25) is 4.79 Å². The number of carbonyl (C=O) groups is 2. The summed E-state index contributed by atoms with van der Waals surface area (Å²) in [7, 11) is 0. The summed E-state index contributed by atoms with van der Waals surface area (Å²) in [6.07, 6.45) is 4.26. The number of carbonyl (C=O) groups excluding carboxylic acids is 1. The van der Waals surface area contributed by atoms with Crippen LogP contribution in [0.4, 0.5) is 4.39 Å². The van der Waals surface area contributed by atoms with E-state index in [1.54, 1.807) is 12.3 Å². The fourth-order valence-corrected chi connectivity index (χ4v) is 2.38. The summed E-state index contributed by atoms with van der Waals surface area (Å²) in [5, 5.41) is 12.5. The highest BCUT2D eigenvalue weighted by Crippen LogP contribution is 2.20. The number of aromatic nitrogens is 1. The van der Waals surface area contributed by atoms with Crippen molar-refractivity contribution in [2.75, 3.05) is 0 Å². The number of hydrogen-bond acceptors (Lipinski definition) is 3. The van der Waals surface area contributed by atoms with Crippen molar-refractivity contribution in [2.24, 2.45) is 0 Å². The van der Waals surface area contributed by atoms with Crippen molar-refractivity contribution in [3.63, 3.8) is 0 Å². The maximum Gasteiger partial charge on any atom is 0.326 e. The SMILES string of the molecule is O=C(N[C@@H](Cc1c[nH]c2cc(F)ccc12)C(=O)O)c1ccoc1. The molecule has 1 aromatic carbocycles. The summed E-state index contributed by atoms with van der Waals surface area (Å²) in [5.41, 5.74) is 1.50. The zero-order valence-corrected chi connectivity index (χ0v) is 11.9. The number of halogens is 1. The van der Waals surface area contributed by atoms with Crippen LogP contribution in [-0.4, -0.2) is 28.0 Å². The number of carboxylic acid groups (broad SMARTS) is 1. The number of fused-ring (bicyclic) bond motifs is 1. The number of nitrogens with one attached hydrogen (secondary N) is 2. The predicted molar refractivity (Wildman–Crippen MR) is 79.6 cm³/mol. The van der Waals surface area contributed by atoms with Gasteiger partial charge in [-0.2, -0.15) is 0 Å². The van der Waals surface area contributed by atoms with Gasteiger partial charge in [0.05, 0.1) is 11.8 Å². The van der Waals surface area contributed by atoms with Crippen LogP contribution < -0.4 is 5.32 Å². The van der Waals surface area contributed by atoms with Crippen LogP contribution in [0.5, 0.6) is 0 Å². The normalized spacial score (nSPS) is 12.2. The predicted octanol–water partition coefficient (Wildman–Crippen LogP) is 2.33. The van der Waals surface area contributed by atoms with Crippen LogP contribution in [0.3, 0.4) is 0 Å². The number of H-pyrrole nitrogens is 1. The molecule has 23 heavy (non-hydrogen) atoms. The Bertz CT molecular complexity index is 854. The van der Waals surface area contributed by atoms with E-state index >= 15 is 0 Å². The van der Waals surface area contributed by atoms with E-state index in [2.05, 4.69) is 10.3 Å². The molecule has 0 saturated heterocycles. The smallest absolute Gasteiger partial charge is 0.326 e. The van der Waals surface area contributed by atoms with Crippen LogP contribution in [0.1, 0.15) is 15.9 Å². The quantitative estimate of drug-likeness (QED) is 0.673. The van der Waals surface area contributed by atoms with Gasteiger partial charge in [-0.1, -0.05) is 0 Å². The maximum absolute atomic E-state index is 13.2. The van der Waals surface area contributed by atoms with Gasteiger partial charge in [0.1, 0.15) is 18.1 Å². The monoisotopic (exact) mass is 316 g/mol. The average Bonchev–Trinajstić information content (AvgIpc) is 3.16. The fourth-order valence-electron chi connectivity index (χ4n) is 2.38. The first-order chi connectivity index (χ1) is 11.0. The van der Waals surface area contributed by atoms with Crippen molar-refractivity contribution in [1.82, 2.24) is 10.3 Å². The molecule has 3 N–H and O–H groups in total. The number of amides is 1. The van der Waals surface area contributed by atoms with Gasteiger partial charge in [0.25, 0.3) is 5.91 Å². The molecule has 118 valence electrons. The van der Waals surface area contributed by atoms with Gasteiger partial charge in [0, 0.05) is 23.5 Å². The molecule has 2 aromatic heterocycles. The molecule has 6 nitrogen and oxygen atoms in total. The van der Waals surface area contributed by atoms with Crippen molar-refractivity contribution >= 4 is 22.8 Å². The zero-order chi connectivity index (χ0) is 16.4. The molecular formula is C16H13FN2O4. The summed E-state index contributed by atoms with van der Waals surface area (Å²) in [4.78, 5) is 26.3. The first-order valence-electron chi connectivity index (χ1n) is 6.86. The van der Waals surface area contributed by atoms with Crippen molar-refractivity contribution in [3.05, 3.63) is 59.9 Å². The van der Waals surface area contributed by atoms with Gasteiger partial charge in [-0.15, -0.1) is 0 Å². The van der Waals surface area contributed by atoms with Crippen molar-refractivity contribution in [3.8, 4) is 0 Å². The molecule has 0 fully saturated rings. The van der Waals surface area contributed by atoms with E-state index in [1.807, 2.05) is 0 Å². The second kappa shape index (κ2) is 5.96. The van der Waals surface area contributed by atoms with Crippen LogP contribution in [0.25, 0.3) is 10.9 Å². The molecule has 1 atom stereocenters. The summed E-state index contributed by atoms with van der Waals surface area (Å²) in [6.45, 7) is 0. The number of rotatable bonds is 5. The van der Waals surface area contributed by atoms with Crippen LogP contribution in [0.15, 0.2) is 47.4 Å². The van der Waals surface area contributed by atoms with Crippen molar-refractivity contribution < 1.29 is 23.5 Å². The first-order valence-corrected chi connectivity index (χ1v) is 6.86. The molecule has 2 heterocycles. The number of benzene rings is 1. The van der Waals surface area contributed by atoms with Gasteiger partial charge in [0.15, 0.2) is 0 Å². The minimum Gasteiger partial charge on any atom is -0.480 e. The minimum absolute atomic E-state index is 0.0740. The Morgan fingerprint density at radius 2 is 2.17 bits per heavy atom. The van der Waals surface area contributed by atoms with E-state index in [-0.39, 0.29) is 17.8 Å². The van der Waals surface area contributed by atoms with Gasteiger partial charge in [0.2, 0.25) is 0 Å². The maximum atomic E-state index is 13.2. The molecule has 7 heteroatoms. The van der Waals surface area contributed by atoms with Gasteiger partial charge in [-0.05, 0) is 29.8 Å². The third-order valence-electron chi connectivity index (χ3n) is 3.54. The Kier molecular flexibility index (Phi) is 3.84. The molecule has 3 aromatic rings. The third-order valence-corrected chi connectivity index (χ3v) is 3.54.